The Morgan fingerprint density at radius 1 is 1.14 bits per heavy atom. The second-order valence-electron chi connectivity index (χ2n) is 4.54. The van der Waals surface area contributed by atoms with Crippen LogP contribution in [0, 0.1) is 0 Å². The van der Waals surface area contributed by atoms with E-state index >= 15 is 0 Å². The van der Waals surface area contributed by atoms with Gasteiger partial charge in [-0.1, -0.05) is 41.9 Å². The number of hydrogen-bond acceptors (Lipinski definition) is 4. The molecule has 0 unspecified atom stereocenters. The van der Waals surface area contributed by atoms with Gasteiger partial charge in [0.05, 0.1) is 6.61 Å². The molecular formula is C17H16ClNO3. The Balaban J connectivity index is 2.24. The summed E-state index contributed by atoms with van der Waals surface area (Å²) in [5.74, 6) is -0.537. The molecule has 0 atom stereocenters. The standard InChI is InChI=1S/C17H16ClNO3/c1-2-22-16(20)11-19-15-9-8-13(18)10-14(15)17(21)12-6-4-3-5-7-12/h3-10,19H,2,11H2,1H3. The van der Waals surface area contributed by atoms with E-state index in [-0.39, 0.29) is 18.3 Å². The fourth-order valence-electron chi connectivity index (χ4n) is 1.98. The van der Waals surface area contributed by atoms with E-state index in [9.17, 15) is 9.59 Å². The Labute approximate surface area is 134 Å². The summed E-state index contributed by atoms with van der Waals surface area (Å²) in [5.41, 5.74) is 1.53. The van der Waals surface area contributed by atoms with Gasteiger partial charge in [0.2, 0.25) is 0 Å². The first kappa shape index (κ1) is 16.0. The number of ketones is 1. The molecule has 0 heterocycles. The summed E-state index contributed by atoms with van der Waals surface area (Å²) < 4.78 is 4.86. The average Bonchev–Trinajstić information content (AvgIpc) is 2.54. The van der Waals surface area contributed by atoms with E-state index in [0.29, 0.717) is 28.4 Å². The first-order valence-corrected chi connectivity index (χ1v) is 7.28. The van der Waals surface area contributed by atoms with Crippen molar-refractivity contribution in [2.24, 2.45) is 0 Å². The van der Waals surface area contributed by atoms with E-state index in [4.69, 9.17) is 16.3 Å². The van der Waals surface area contributed by atoms with Crippen molar-refractivity contribution < 1.29 is 14.3 Å². The highest BCUT2D eigenvalue weighted by atomic mass is 35.5. The maximum Gasteiger partial charge on any atom is 0.325 e. The number of nitrogens with one attached hydrogen (secondary N) is 1. The average molecular weight is 318 g/mol. The highest BCUT2D eigenvalue weighted by Gasteiger charge is 2.15. The van der Waals surface area contributed by atoms with Crippen LogP contribution in [0.1, 0.15) is 22.8 Å². The normalized spacial score (nSPS) is 10.1. The van der Waals surface area contributed by atoms with Crippen LogP contribution < -0.4 is 5.32 Å². The number of benzene rings is 2. The zero-order valence-electron chi connectivity index (χ0n) is 12.1. The minimum atomic E-state index is -0.379. The van der Waals surface area contributed by atoms with Gasteiger partial charge in [-0.2, -0.15) is 0 Å². The van der Waals surface area contributed by atoms with Gasteiger partial charge >= 0.3 is 5.97 Å². The molecule has 0 aliphatic carbocycles. The number of esters is 1. The molecule has 0 amide bonds. The number of ether oxygens (including phenoxy) is 1. The van der Waals surface area contributed by atoms with E-state index in [1.54, 1.807) is 49.4 Å². The zero-order valence-corrected chi connectivity index (χ0v) is 12.9. The van der Waals surface area contributed by atoms with Crippen molar-refractivity contribution in [1.29, 1.82) is 0 Å². The summed E-state index contributed by atoms with van der Waals surface area (Å²) in [7, 11) is 0. The lowest BCUT2D eigenvalue weighted by Gasteiger charge is -2.11. The first-order valence-electron chi connectivity index (χ1n) is 6.90. The third-order valence-corrected chi connectivity index (χ3v) is 3.23. The molecule has 5 heteroatoms. The smallest absolute Gasteiger partial charge is 0.325 e. The van der Waals surface area contributed by atoms with Crippen LogP contribution in [0.4, 0.5) is 5.69 Å². The van der Waals surface area contributed by atoms with Gasteiger partial charge in [-0.25, -0.2) is 0 Å². The highest BCUT2D eigenvalue weighted by Crippen LogP contribution is 2.23. The number of anilines is 1. The summed E-state index contributed by atoms with van der Waals surface area (Å²) >= 11 is 5.99. The van der Waals surface area contributed by atoms with Crippen LogP contribution >= 0.6 is 11.6 Å². The Morgan fingerprint density at radius 2 is 1.86 bits per heavy atom. The summed E-state index contributed by atoms with van der Waals surface area (Å²) in [6, 6.07) is 13.8. The van der Waals surface area contributed by atoms with Crippen LogP contribution in [0.2, 0.25) is 5.02 Å². The van der Waals surface area contributed by atoms with E-state index < -0.39 is 0 Å². The van der Waals surface area contributed by atoms with Gasteiger partial charge in [-0.15, -0.1) is 0 Å². The van der Waals surface area contributed by atoms with Crippen molar-refractivity contribution in [2.45, 2.75) is 6.92 Å². The predicted molar refractivity (Wildman–Crippen MR) is 86.4 cm³/mol. The van der Waals surface area contributed by atoms with E-state index in [0.717, 1.165) is 0 Å². The molecule has 2 aromatic rings. The monoisotopic (exact) mass is 317 g/mol. The fraction of sp³-hybridized carbons (Fsp3) is 0.176. The quantitative estimate of drug-likeness (QED) is 0.654. The first-order chi connectivity index (χ1) is 10.6. The second kappa shape index (κ2) is 7.61. The van der Waals surface area contributed by atoms with Crippen molar-refractivity contribution in [3.8, 4) is 0 Å². The lowest BCUT2D eigenvalue weighted by molar-refractivity contribution is -0.140. The summed E-state index contributed by atoms with van der Waals surface area (Å²) in [6.45, 7) is 2.05. The van der Waals surface area contributed by atoms with E-state index in [2.05, 4.69) is 5.32 Å². The van der Waals surface area contributed by atoms with Crippen LogP contribution in [0.15, 0.2) is 48.5 Å². The molecule has 0 aromatic heterocycles. The van der Waals surface area contributed by atoms with Gasteiger partial charge in [0.1, 0.15) is 6.54 Å². The van der Waals surface area contributed by atoms with Gasteiger partial charge in [0.25, 0.3) is 0 Å². The SMILES string of the molecule is CCOC(=O)CNc1ccc(Cl)cc1C(=O)c1ccccc1. The van der Waals surface area contributed by atoms with Crippen LogP contribution in [-0.4, -0.2) is 24.9 Å². The minimum absolute atomic E-state index is 0.00938. The van der Waals surface area contributed by atoms with Gasteiger partial charge in [0, 0.05) is 21.8 Å². The topological polar surface area (TPSA) is 55.4 Å². The minimum Gasteiger partial charge on any atom is -0.465 e. The number of hydrogen-bond donors (Lipinski definition) is 1. The van der Waals surface area contributed by atoms with Gasteiger partial charge in [-0.05, 0) is 25.1 Å². The summed E-state index contributed by atoms with van der Waals surface area (Å²) in [6.07, 6.45) is 0. The molecule has 114 valence electrons. The molecule has 4 nitrogen and oxygen atoms in total. The third kappa shape index (κ3) is 4.09. The molecule has 2 aromatic carbocycles. The molecule has 0 saturated heterocycles. The van der Waals surface area contributed by atoms with Crippen LogP contribution in [-0.2, 0) is 9.53 Å². The van der Waals surface area contributed by atoms with Crippen LogP contribution in [0.25, 0.3) is 0 Å². The van der Waals surface area contributed by atoms with Crippen molar-refractivity contribution in [3.63, 3.8) is 0 Å². The maximum absolute atomic E-state index is 12.6. The Morgan fingerprint density at radius 3 is 2.55 bits per heavy atom. The number of carbonyl (C=O) groups excluding carboxylic acids is 2. The van der Waals surface area contributed by atoms with Crippen LogP contribution in [0.5, 0.6) is 0 Å². The molecule has 0 saturated carbocycles. The Hall–Kier alpha value is -2.33. The summed E-state index contributed by atoms with van der Waals surface area (Å²) in [4.78, 5) is 24.0. The predicted octanol–water partition coefficient (Wildman–Crippen LogP) is 3.55. The Bertz CT molecular complexity index is 671. The molecule has 0 spiro atoms. The molecular weight excluding hydrogens is 302 g/mol. The van der Waals surface area contributed by atoms with Crippen molar-refractivity contribution in [1.82, 2.24) is 0 Å². The van der Waals surface area contributed by atoms with Gasteiger partial charge in [-0.3, -0.25) is 9.59 Å². The van der Waals surface area contributed by atoms with Crippen LogP contribution in [0.3, 0.4) is 0 Å². The molecule has 0 aliphatic heterocycles. The van der Waals surface area contributed by atoms with E-state index in [1.165, 1.54) is 0 Å². The third-order valence-electron chi connectivity index (χ3n) is 2.99. The number of carbonyl (C=O) groups is 2. The van der Waals surface area contributed by atoms with Crippen molar-refractivity contribution >= 4 is 29.0 Å². The lowest BCUT2D eigenvalue weighted by Crippen LogP contribution is -2.18. The van der Waals surface area contributed by atoms with Gasteiger partial charge in [0.15, 0.2) is 5.78 Å². The maximum atomic E-state index is 12.6. The molecule has 1 N–H and O–H groups in total. The second-order valence-corrected chi connectivity index (χ2v) is 4.98. The van der Waals surface area contributed by atoms with Gasteiger partial charge < -0.3 is 10.1 Å². The molecule has 0 aliphatic rings. The molecule has 22 heavy (non-hydrogen) atoms. The largest absolute Gasteiger partial charge is 0.465 e. The highest BCUT2D eigenvalue weighted by molar-refractivity contribution is 6.31. The van der Waals surface area contributed by atoms with Crippen molar-refractivity contribution in [2.75, 3.05) is 18.5 Å². The van der Waals surface area contributed by atoms with Crippen molar-refractivity contribution in [3.05, 3.63) is 64.7 Å². The summed E-state index contributed by atoms with van der Waals surface area (Å²) in [5, 5.41) is 3.38. The lowest BCUT2D eigenvalue weighted by atomic mass is 10.0. The number of halogens is 1. The van der Waals surface area contributed by atoms with E-state index in [1.807, 2.05) is 6.07 Å². The molecule has 0 radical (unpaired) electrons. The number of rotatable bonds is 6. The molecule has 0 bridgehead atoms. The molecule has 2 rings (SSSR count). The zero-order chi connectivity index (χ0) is 15.9. The Kier molecular flexibility index (Phi) is 5.55. The molecule has 0 fully saturated rings. The fourth-order valence-corrected chi connectivity index (χ4v) is 2.16.